The Morgan fingerprint density at radius 2 is 2.21 bits per heavy atom. The van der Waals surface area contributed by atoms with Crippen molar-refractivity contribution in [2.24, 2.45) is 0 Å². The maximum atomic E-state index is 8.76. The van der Waals surface area contributed by atoms with Crippen molar-refractivity contribution in [1.82, 2.24) is 15.2 Å². The zero-order chi connectivity index (χ0) is 13.1. The molecule has 0 amide bonds. The third-order valence-electron chi connectivity index (χ3n) is 2.62. The fraction of sp³-hybridized carbons (Fsp3) is 0.333. The number of fused-ring (bicyclic) bond motifs is 1. The van der Waals surface area contributed by atoms with Gasteiger partial charge in [0.1, 0.15) is 6.61 Å². The minimum Gasteiger partial charge on any atom is -0.485 e. The summed E-state index contributed by atoms with van der Waals surface area (Å²) in [4.78, 5) is 4.32. The topological polar surface area (TPSA) is 80.3 Å². The first-order valence-corrected chi connectivity index (χ1v) is 6.90. The smallest absolute Gasteiger partial charge is 0.208 e. The number of aromatic nitrogens is 3. The molecule has 2 N–H and O–H groups in total. The third kappa shape index (κ3) is 2.66. The van der Waals surface area contributed by atoms with Crippen molar-refractivity contribution >= 4 is 11.8 Å². The molecule has 7 heteroatoms. The monoisotopic (exact) mass is 279 g/mol. The number of nitrogens with one attached hydrogen (secondary N) is 1. The van der Waals surface area contributed by atoms with E-state index in [1.54, 1.807) is 0 Å². The van der Waals surface area contributed by atoms with Gasteiger partial charge in [-0.1, -0.05) is 23.9 Å². The van der Waals surface area contributed by atoms with E-state index in [2.05, 4.69) is 15.2 Å². The van der Waals surface area contributed by atoms with E-state index in [1.165, 1.54) is 11.8 Å². The van der Waals surface area contributed by atoms with E-state index in [0.29, 0.717) is 29.1 Å². The lowest BCUT2D eigenvalue weighted by Gasteiger charge is -2.24. The highest BCUT2D eigenvalue weighted by Gasteiger charge is 2.25. The molecular weight excluding hydrogens is 266 g/mol. The van der Waals surface area contributed by atoms with Crippen molar-refractivity contribution in [3.63, 3.8) is 0 Å². The van der Waals surface area contributed by atoms with Gasteiger partial charge in [-0.25, -0.2) is 4.98 Å². The largest absolute Gasteiger partial charge is 0.485 e. The van der Waals surface area contributed by atoms with Gasteiger partial charge in [0.15, 0.2) is 23.4 Å². The Labute approximate surface area is 114 Å². The van der Waals surface area contributed by atoms with Crippen molar-refractivity contribution in [3.05, 3.63) is 30.1 Å². The zero-order valence-electron chi connectivity index (χ0n) is 10.1. The summed E-state index contributed by atoms with van der Waals surface area (Å²) < 4.78 is 11.4. The Bertz CT molecular complexity index is 561. The van der Waals surface area contributed by atoms with Crippen LogP contribution in [-0.4, -0.2) is 39.3 Å². The molecule has 1 atom stereocenters. The minimum atomic E-state index is -0.286. The fourth-order valence-electron chi connectivity index (χ4n) is 1.76. The SMILES string of the molecule is OCCSc1n[nH]c(C2COc3ccccc3O2)n1. The van der Waals surface area contributed by atoms with Gasteiger partial charge in [-0.3, -0.25) is 5.10 Å². The first-order valence-electron chi connectivity index (χ1n) is 5.91. The van der Waals surface area contributed by atoms with Gasteiger partial charge in [0, 0.05) is 5.75 Å². The lowest BCUT2D eigenvalue weighted by Crippen LogP contribution is -2.22. The standard InChI is InChI=1S/C12H13N3O3S/c16-5-6-19-12-13-11(14-15-12)10-7-17-8-3-1-2-4-9(8)18-10/h1-4,10,16H,5-7H2,(H,13,14,15). The van der Waals surface area contributed by atoms with Crippen LogP contribution in [0.15, 0.2) is 29.4 Å². The number of aliphatic hydroxyl groups is 1. The van der Waals surface area contributed by atoms with Gasteiger partial charge >= 0.3 is 0 Å². The second-order valence-corrected chi connectivity index (χ2v) is 5.00. The molecule has 0 saturated heterocycles. The number of benzene rings is 1. The summed E-state index contributed by atoms with van der Waals surface area (Å²) in [6, 6.07) is 7.53. The van der Waals surface area contributed by atoms with E-state index >= 15 is 0 Å². The maximum Gasteiger partial charge on any atom is 0.208 e. The molecule has 0 spiro atoms. The van der Waals surface area contributed by atoms with Crippen LogP contribution in [0.25, 0.3) is 0 Å². The molecule has 1 aromatic heterocycles. The van der Waals surface area contributed by atoms with Gasteiger partial charge in [-0.05, 0) is 12.1 Å². The number of hydrogen-bond acceptors (Lipinski definition) is 6. The molecular formula is C12H13N3O3S. The number of para-hydroxylation sites is 2. The highest BCUT2D eigenvalue weighted by Crippen LogP contribution is 2.35. The summed E-state index contributed by atoms with van der Waals surface area (Å²) in [5.74, 6) is 2.66. The predicted molar refractivity (Wildman–Crippen MR) is 69.5 cm³/mol. The van der Waals surface area contributed by atoms with Crippen molar-refractivity contribution in [2.45, 2.75) is 11.3 Å². The molecule has 3 rings (SSSR count). The number of aromatic amines is 1. The summed E-state index contributed by atoms with van der Waals surface area (Å²) >= 11 is 1.39. The average molecular weight is 279 g/mol. The van der Waals surface area contributed by atoms with Crippen molar-refractivity contribution in [2.75, 3.05) is 19.0 Å². The van der Waals surface area contributed by atoms with Gasteiger partial charge in [0.25, 0.3) is 0 Å². The van der Waals surface area contributed by atoms with Crippen LogP contribution in [0.3, 0.4) is 0 Å². The molecule has 1 aliphatic heterocycles. The molecule has 0 fully saturated rings. The van der Waals surface area contributed by atoms with Crippen LogP contribution < -0.4 is 9.47 Å². The Morgan fingerprint density at radius 3 is 3.05 bits per heavy atom. The molecule has 19 heavy (non-hydrogen) atoms. The normalized spacial score (nSPS) is 17.4. The minimum absolute atomic E-state index is 0.102. The Morgan fingerprint density at radius 1 is 1.37 bits per heavy atom. The lowest BCUT2D eigenvalue weighted by atomic mass is 10.2. The van der Waals surface area contributed by atoms with Crippen LogP contribution in [0.2, 0.25) is 0 Å². The molecule has 6 nitrogen and oxygen atoms in total. The second-order valence-electron chi connectivity index (χ2n) is 3.94. The van der Waals surface area contributed by atoms with Crippen LogP contribution in [0.5, 0.6) is 11.5 Å². The number of nitrogens with zero attached hydrogens (tertiary/aromatic N) is 2. The Balaban J connectivity index is 1.72. The van der Waals surface area contributed by atoms with E-state index in [0.717, 1.165) is 5.75 Å². The highest BCUT2D eigenvalue weighted by molar-refractivity contribution is 7.99. The molecule has 2 heterocycles. The number of ether oxygens (including phenoxy) is 2. The Kier molecular flexibility index (Phi) is 3.56. The molecule has 2 aromatic rings. The maximum absolute atomic E-state index is 8.76. The van der Waals surface area contributed by atoms with Crippen molar-refractivity contribution in [1.29, 1.82) is 0 Å². The van der Waals surface area contributed by atoms with E-state index in [-0.39, 0.29) is 12.7 Å². The number of aliphatic hydroxyl groups excluding tert-OH is 1. The van der Waals surface area contributed by atoms with E-state index in [1.807, 2.05) is 24.3 Å². The summed E-state index contributed by atoms with van der Waals surface area (Å²) in [6.07, 6.45) is -0.286. The number of thioether (sulfide) groups is 1. The van der Waals surface area contributed by atoms with Gasteiger partial charge in [0.2, 0.25) is 5.16 Å². The molecule has 0 radical (unpaired) electrons. The predicted octanol–water partition coefficient (Wildman–Crippen LogP) is 1.40. The van der Waals surface area contributed by atoms with E-state index < -0.39 is 0 Å². The van der Waals surface area contributed by atoms with Crippen molar-refractivity contribution < 1.29 is 14.6 Å². The number of rotatable bonds is 4. The zero-order valence-corrected chi connectivity index (χ0v) is 10.9. The first-order chi connectivity index (χ1) is 9.36. The van der Waals surface area contributed by atoms with E-state index in [9.17, 15) is 0 Å². The fourth-order valence-corrected chi connectivity index (χ4v) is 2.30. The summed E-state index contributed by atoms with van der Waals surface area (Å²) in [5, 5.41) is 16.3. The summed E-state index contributed by atoms with van der Waals surface area (Å²) in [5.41, 5.74) is 0. The lowest BCUT2D eigenvalue weighted by molar-refractivity contribution is 0.0852. The molecule has 1 aliphatic rings. The molecule has 0 saturated carbocycles. The molecule has 0 aliphatic carbocycles. The highest BCUT2D eigenvalue weighted by atomic mass is 32.2. The van der Waals surface area contributed by atoms with Gasteiger partial charge in [-0.2, -0.15) is 0 Å². The summed E-state index contributed by atoms with van der Waals surface area (Å²) in [6.45, 7) is 0.501. The van der Waals surface area contributed by atoms with Gasteiger partial charge < -0.3 is 14.6 Å². The number of hydrogen-bond donors (Lipinski definition) is 2. The van der Waals surface area contributed by atoms with Crippen LogP contribution in [0, 0.1) is 0 Å². The molecule has 0 bridgehead atoms. The third-order valence-corrected chi connectivity index (χ3v) is 3.45. The van der Waals surface area contributed by atoms with E-state index in [4.69, 9.17) is 14.6 Å². The first kappa shape index (κ1) is 12.3. The molecule has 1 aromatic carbocycles. The van der Waals surface area contributed by atoms with Crippen LogP contribution in [0.4, 0.5) is 0 Å². The summed E-state index contributed by atoms with van der Waals surface area (Å²) in [7, 11) is 0. The number of H-pyrrole nitrogens is 1. The van der Waals surface area contributed by atoms with Crippen LogP contribution in [0.1, 0.15) is 11.9 Å². The average Bonchev–Trinajstić information content (AvgIpc) is 2.93. The second kappa shape index (κ2) is 5.50. The van der Waals surface area contributed by atoms with Gasteiger partial charge in [0.05, 0.1) is 6.61 Å². The molecule has 100 valence electrons. The van der Waals surface area contributed by atoms with Crippen molar-refractivity contribution in [3.8, 4) is 11.5 Å². The van der Waals surface area contributed by atoms with Crippen LogP contribution in [-0.2, 0) is 0 Å². The van der Waals surface area contributed by atoms with Gasteiger partial charge in [-0.15, -0.1) is 5.10 Å². The molecule has 1 unspecified atom stereocenters. The Hall–Kier alpha value is -1.73. The quantitative estimate of drug-likeness (QED) is 0.824. The van der Waals surface area contributed by atoms with Crippen LogP contribution >= 0.6 is 11.8 Å².